The van der Waals surface area contributed by atoms with Crippen molar-refractivity contribution >= 4 is 11.6 Å². The maximum absolute atomic E-state index is 4.42. The largest absolute Gasteiger partial charge is 0.370 e. The summed E-state index contributed by atoms with van der Waals surface area (Å²) in [6.07, 6.45) is 5.41. The second-order valence-corrected chi connectivity index (χ2v) is 4.95. The summed E-state index contributed by atoms with van der Waals surface area (Å²) in [6.45, 7) is 7.17. The Balaban J connectivity index is 2.24. The number of hydrogen-bond donors (Lipinski definition) is 2. The highest BCUT2D eigenvalue weighted by Gasteiger charge is 2.13. The highest BCUT2D eigenvalue weighted by molar-refractivity contribution is 5.58. The zero-order valence-electron chi connectivity index (χ0n) is 12.9. The van der Waals surface area contributed by atoms with Crippen LogP contribution in [0.1, 0.15) is 44.5 Å². The van der Waals surface area contributed by atoms with Gasteiger partial charge in [0.05, 0.1) is 11.7 Å². The molecular weight excluding hydrogens is 262 g/mol. The topological polar surface area (TPSA) is 62.7 Å². The van der Waals surface area contributed by atoms with Gasteiger partial charge in [-0.1, -0.05) is 19.4 Å². The summed E-state index contributed by atoms with van der Waals surface area (Å²) in [6, 6.07) is 6.04. The van der Waals surface area contributed by atoms with Crippen molar-refractivity contribution in [2.24, 2.45) is 0 Å². The monoisotopic (exact) mass is 285 g/mol. The molecular formula is C16H23N5. The van der Waals surface area contributed by atoms with Gasteiger partial charge >= 0.3 is 0 Å². The van der Waals surface area contributed by atoms with Crippen molar-refractivity contribution in [2.75, 3.05) is 17.2 Å². The highest BCUT2D eigenvalue weighted by Crippen LogP contribution is 2.25. The summed E-state index contributed by atoms with van der Waals surface area (Å²) in [5.74, 6) is 1.81. The Kier molecular flexibility index (Phi) is 5.49. The maximum atomic E-state index is 4.42. The Labute approximate surface area is 126 Å². The molecule has 2 N–H and O–H groups in total. The number of aromatic nitrogens is 3. The maximum Gasteiger partial charge on any atom is 0.135 e. The third kappa shape index (κ3) is 3.90. The van der Waals surface area contributed by atoms with Gasteiger partial charge in [0.2, 0.25) is 0 Å². The summed E-state index contributed by atoms with van der Waals surface area (Å²) < 4.78 is 0. The molecule has 0 bridgehead atoms. The molecule has 2 aromatic heterocycles. The molecule has 0 aliphatic carbocycles. The van der Waals surface area contributed by atoms with Crippen LogP contribution < -0.4 is 10.6 Å². The van der Waals surface area contributed by atoms with Gasteiger partial charge in [-0.15, -0.1) is 0 Å². The average Bonchev–Trinajstić information content (AvgIpc) is 2.51. The first-order valence-corrected chi connectivity index (χ1v) is 7.51. The molecule has 0 spiro atoms. The van der Waals surface area contributed by atoms with Crippen LogP contribution in [-0.4, -0.2) is 21.5 Å². The van der Waals surface area contributed by atoms with Gasteiger partial charge < -0.3 is 10.6 Å². The molecule has 0 aliphatic heterocycles. The molecule has 0 aliphatic rings. The van der Waals surface area contributed by atoms with Crippen LogP contribution in [0.3, 0.4) is 0 Å². The lowest BCUT2D eigenvalue weighted by Crippen LogP contribution is -2.13. The van der Waals surface area contributed by atoms with E-state index in [9.17, 15) is 0 Å². The van der Waals surface area contributed by atoms with Gasteiger partial charge in [-0.2, -0.15) is 0 Å². The second kappa shape index (κ2) is 7.57. The lowest BCUT2D eigenvalue weighted by atomic mass is 10.1. The third-order valence-corrected chi connectivity index (χ3v) is 3.27. The smallest absolute Gasteiger partial charge is 0.135 e. The van der Waals surface area contributed by atoms with Crippen LogP contribution >= 0.6 is 0 Å². The van der Waals surface area contributed by atoms with Gasteiger partial charge in [-0.3, -0.25) is 4.98 Å². The van der Waals surface area contributed by atoms with Gasteiger partial charge in [-0.05, 0) is 32.4 Å². The molecule has 5 heteroatoms. The van der Waals surface area contributed by atoms with Crippen LogP contribution in [-0.2, 0) is 6.42 Å². The first kappa shape index (κ1) is 15.2. The third-order valence-electron chi connectivity index (χ3n) is 3.27. The Hall–Kier alpha value is -2.17. The van der Waals surface area contributed by atoms with E-state index in [1.54, 1.807) is 6.33 Å². The Morgan fingerprint density at radius 1 is 1.10 bits per heavy atom. The van der Waals surface area contributed by atoms with E-state index in [1.807, 2.05) is 24.4 Å². The number of nitrogens with zero attached hydrogens (tertiary/aromatic N) is 3. The number of pyridine rings is 1. The molecule has 0 aromatic carbocycles. The predicted octanol–water partition coefficient (Wildman–Crippen LogP) is 3.43. The number of rotatable bonds is 7. The van der Waals surface area contributed by atoms with Crippen molar-refractivity contribution in [3.63, 3.8) is 0 Å². The van der Waals surface area contributed by atoms with Crippen molar-refractivity contribution in [3.8, 4) is 0 Å². The fourth-order valence-corrected chi connectivity index (χ4v) is 2.25. The van der Waals surface area contributed by atoms with Crippen molar-refractivity contribution in [3.05, 3.63) is 42.0 Å². The quantitative estimate of drug-likeness (QED) is 0.816. The van der Waals surface area contributed by atoms with Gasteiger partial charge in [0.15, 0.2) is 0 Å². The van der Waals surface area contributed by atoms with E-state index < -0.39 is 0 Å². The fraction of sp³-hybridized carbons (Fsp3) is 0.438. The normalized spacial score (nSPS) is 12.0. The molecule has 112 valence electrons. The van der Waals surface area contributed by atoms with Crippen LogP contribution in [0.2, 0.25) is 0 Å². The molecule has 1 unspecified atom stereocenters. The van der Waals surface area contributed by atoms with E-state index in [4.69, 9.17) is 0 Å². The summed E-state index contributed by atoms with van der Waals surface area (Å²) in [4.78, 5) is 13.2. The summed E-state index contributed by atoms with van der Waals surface area (Å²) in [5.41, 5.74) is 2.15. The predicted molar refractivity (Wildman–Crippen MR) is 86.5 cm³/mol. The molecule has 0 amide bonds. The minimum Gasteiger partial charge on any atom is -0.370 e. The van der Waals surface area contributed by atoms with Gasteiger partial charge in [0.25, 0.3) is 0 Å². The minimum absolute atomic E-state index is 0.103. The van der Waals surface area contributed by atoms with Crippen LogP contribution in [0.5, 0.6) is 0 Å². The van der Waals surface area contributed by atoms with Gasteiger partial charge in [-0.25, -0.2) is 9.97 Å². The molecule has 0 saturated carbocycles. The molecule has 0 saturated heterocycles. The van der Waals surface area contributed by atoms with E-state index in [2.05, 4.69) is 46.4 Å². The number of hydrogen-bond acceptors (Lipinski definition) is 5. The van der Waals surface area contributed by atoms with E-state index in [0.29, 0.717) is 0 Å². The number of anilines is 2. The Morgan fingerprint density at radius 2 is 1.90 bits per heavy atom. The summed E-state index contributed by atoms with van der Waals surface area (Å²) in [7, 11) is 0. The van der Waals surface area contributed by atoms with E-state index in [-0.39, 0.29) is 6.04 Å². The lowest BCUT2D eigenvalue weighted by Gasteiger charge is -2.18. The zero-order valence-corrected chi connectivity index (χ0v) is 12.9. The summed E-state index contributed by atoms with van der Waals surface area (Å²) >= 11 is 0. The van der Waals surface area contributed by atoms with Crippen molar-refractivity contribution in [1.29, 1.82) is 0 Å². The average molecular weight is 285 g/mol. The fourth-order valence-electron chi connectivity index (χ4n) is 2.25. The second-order valence-electron chi connectivity index (χ2n) is 4.95. The lowest BCUT2D eigenvalue weighted by molar-refractivity contribution is 0.817. The first-order valence-electron chi connectivity index (χ1n) is 7.51. The summed E-state index contributed by atoms with van der Waals surface area (Å²) in [5, 5.41) is 6.76. The van der Waals surface area contributed by atoms with Crippen LogP contribution in [0.15, 0.2) is 30.7 Å². The van der Waals surface area contributed by atoms with Crippen molar-refractivity contribution in [2.45, 2.75) is 39.7 Å². The molecule has 5 nitrogen and oxygen atoms in total. The van der Waals surface area contributed by atoms with Gasteiger partial charge in [0, 0.05) is 18.3 Å². The molecule has 2 rings (SSSR count). The van der Waals surface area contributed by atoms with Crippen LogP contribution in [0.25, 0.3) is 0 Å². The first-order chi connectivity index (χ1) is 10.3. The molecule has 0 radical (unpaired) electrons. The highest BCUT2D eigenvalue weighted by atomic mass is 15.1. The van der Waals surface area contributed by atoms with Crippen molar-refractivity contribution < 1.29 is 0 Å². The van der Waals surface area contributed by atoms with Gasteiger partial charge in [0.1, 0.15) is 18.0 Å². The SMILES string of the molecule is CCCc1c(NCC)ncnc1NC(C)c1ccccn1. The van der Waals surface area contributed by atoms with Crippen LogP contribution in [0, 0.1) is 0 Å². The Bertz CT molecular complexity index is 556. The number of nitrogens with one attached hydrogen (secondary N) is 2. The van der Waals surface area contributed by atoms with E-state index in [1.165, 1.54) is 0 Å². The molecule has 1 atom stereocenters. The molecule has 21 heavy (non-hydrogen) atoms. The van der Waals surface area contributed by atoms with Crippen molar-refractivity contribution in [1.82, 2.24) is 15.0 Å². The van der Waals surface area contributed by atoms with Crippen LogP contribution in [0.4, 0.5) is 11.6 Å². The standard InChI is InChI=1S/C16H23N5/c1-4-8-13-15(17-5-2)19-11-20-16(13)21-12(3)14-9-6-7-10-18-14/h6-7,9-12H,4-5,8H2,1-3H3,(H2,17,19,20,21). The minimum atomic E-state index is 0.103. The zero-order chi connectivity index (χ0) is 15.1. The molecule has 2 aromatic rings. The van der Waals surface area contributed by atoms with E-state index in [0.717, 1.165) is 42.3 Å². The van der Waals surface area contributed by atoms with E-state index >= 15 is 0 Å². The molecule has 2 heterocycles. The molecule has 0 fully saturated rings. The Morgan fingerprint density at radius 3 is 2.57 bits per heavy atom.